The molecule has 0 spiro atoms. The van der Waals surface area contributed by atoms with Crippen LogP contribution in [-0.2, 0) is 19.3 Å². The molecule has 1 N–H and O–H groups in total. The predicted molar refractivity (Wildman–Crippen MR) is 182 cm³/mol. The molecule has 238 valence electrons. The molecule has 0 radical (unpaired) electrons. The number of hydrogen-bond acceptors (Lipinski definition) is 8. The van der Waals surface area contributed by atoms with Crippen LogP contribution in [0.4, 0.5) is 5.69 Å². The molecule has 8 heteroatoms. The maximum absolute atomic E-state index is 13.5. The molecule has 6 rings (SSSR count). The standard InChI is InChI=1S/C39H38N4O4/c1-3-4-19-36-42-43-37(47-36)26-35(40-34-18-12-11-17-32(34)38(44)29-13-7-5-8-14-29)28-20-22-31(23-21-28)45-25-24-33-27(2)46-39(41-33)30-15-9-6-10-16-30/h5-18,20-23,35,40H,3-4,19,24-26H2,1-2H3. The third-order valence-corrected chi connectivity index (χ3v) is 7.97. The van der Waals surface area contributed by atoms with Crippen molar-refractivity contribution in [1.29, 1.82) is 0 Å². The monoisotopic (exact) mass is 626 g/mol. The topological polar surface area (TPSA) is 103 Å². The first-order valence-electron chi connectivity index (χ1n) is 16.1. The fourth-order valence-corrected chi connectivity index (χ4v) is 5.39. The van der Waals surface area contributed by atoms with Crippen molar-refractivity contribution in [3.8, 4) is 17.2 Å². The normalized spacial score (nSPS) is 11.7. The highest BCUT2D eigenvalue weighted by molar-refractivity contribution is 6.12. The van der Waals surface area contributed by atoms with Crippen molar-refractivity contribution < 1.29 is 18.4 Å². The molecule has 0 aliphatic rings. The average molecular weight is 627 g/mol. The first-order valence-corrected chi connectivity index (χ1v) is 16.1. The van der Waals surface area contributed by atoms with Crippen molar-refractivity contribution in [3.05, 3.63) is 149 Å². The number of para-hydroxylation sites is 1. The highest BCUT2D eigenvalue weighted by Crippen LogP contribution is 2.29. The van der Waals surface area contributed by atoms with Crippen molar-refractivity contribution in [3.63, 3.8) is 0 Å². The van der Waals surface area contributed by atoms with E-state index in [0.29, 0.717) is 48.2 Å². The number of benzene rings is 4. The van der Waals surface area contributed by atoms with Crippen LogP contribution in [0.3, 0.4) is 0 Å². The zero-order chi connectivity index (χ0) is 32.4. The summed E-state index contributed by atoms with van der Waals surface area (Å²) in [5, 5.41) is 12.2. The summed E-state index contributed by atoms with van der Waals surface area (Å²) >= 11 is 0. The van der Waals surface area contributed by atoms with E-state index in [1.807, 2.05) is 116 Å². The zero-order valence-electron chi connectivity index (χ0n) is 26.7. The maximum atomic E-state index is 13.5. The summed E-state index contributed by atoms with van der Waals surface area (Å²) in [4.78, 5) is 18.2. The summed E-state index contributed by atoms with van der Waals surface area (Å²) < 4.78 is 18.0. The molecule has 4 aromatic carbocycles. The number of ketones is 1. The fourth-order valence-electron chi connectivity index (χ4n) is 5.39. The molecular formula is C39H38N4O4. The van der Waals surface area contributed by atoms with Gasteiger partial charge >= 0.3 is 0 Å². The molecule has 0 fully saturated rings. The number of carbonyl (C=O) groups excluding carboxylic acids is 1. The van der Waals surface area contributed by atoms with Gasteiger partial charge in [-0.05, 0) is 55.3 Å². The van der Waals surface area contributed by atoms with Gasteiger partial charge in [-0.3, -0.25) is 4.79 Å². The number of nitrogens with one attached hydrogen (secondary N) is 1. The third kappa shape index (κ3) is 8.02. The van der Waals surface area contributed by atoms with Crippen molar-refractivity contribution in [2.45, 2.75) is 52.0 Å². The van der Waals surface area contributed by atoms with Crippen LogP contribution in [0.5, 0.6) is 5.75 Å². The third-order valence-electron chi connectivity index (χ3n) is 7.97. The van der Waals surface area contributed by atoms with E-state index in [-0.39, 0.29) is 11.8 Å². The summed E-state index contributed by atoms with van der Waals surface area (Å²) in [6, 6.07) is 34.5. The Morgan fingerprint density at radius 3 is 2.28 bits per heavy atom. The number of hydrogen-bond donors (Lipinski definition) is 1. The van der Waals surface area contributed by atoms with Crippen molar-refractivity contribution >= 4 is 11.5 Å². The Balaban J connectivity index is 1.18. The summed E-state index contributed by atoms with van der Waals surface area (Å²) in [5.41, 5.74) is 4.78. The second-order valence-corrected chi connectivity index (χ2v) is 11.4. The van der Waals surface area contributed by atoms with Crippen molar-refractivity contribution in [2.75, 3.05) is 11.9 Å². The number of ether oxygens (including phenoxy) is 1. The maximum Gasteiger partial charge on any atom is 0.226 e. The number of unbranched alkanes of at least 4 members (excludes halogenated alkanes) is 1. The summed E-state index contributed by atoms with van der Waals surface area (Å²) in [6.07, 6.45) is 3.86. The molecule has 2 heterocycles. The Morgan fingerprint density at radius 2 is 1.51 bits per heavy atom. The van der Waals surface area contributed by atoms with Crippen LogP contribution >= 0.6 is 0 Å². The number of anilines is 1. The number of rotatable bonds is 15. The first kappa shape index (κ1) is 31.5. The Hall–Kier alpha value is -5.50. The highest BCUT2D eigenvalue weighted by atomic mass is 16.5. The van der Waals surface area contributed by atoms with E-state index >= 15 is 0 Å². The molecule has 0 aliphatic heterocycles. The van der Waals surface area contributed by atoms with Gasteiger partial charge in [-0.15, -0.1) is 10.2 Å². The van der Waals surface area contributed by atoms with Crippen LogP contribution in [0.1, 0.15) is 70.5 Å². The molecule has 0 saturated heterocycles. The Kier molecular flexibility index (Phi) is 10.2. The smallest absolute Gasteiger partial charge is 0.226 e. The number of carbonyl (C=O) groups is 1. The lowest BCUT2D eigenvalue weighted by molar-refractivity contribution is 0.103. The van der Waals surface area contributed by atoms with Crippen LogP contribution in [0.25, 0.3) is 11.5 Å². The molecule has 6 aromatic rings. The Labute approximate surface area is 274 Å². The van der Waals surface area contributed by atoms with Crippen LogP contribution in [0.15, 0.2) is 118 Å². The van der Waals surface area contributed by atoms with Gasteiger partial charge in [0.1, 0.15) is 11.5 Å². The van der Waals surface area contributed by atoms with E-state index in [1.165, 1.54) is 0 Å². The fraction of sp³-hybridized carbons (Fsp3) is 0.231. The highest BCUT2D eigenvalue weighted by Gasteiger charge is 2.21. The van der Waals surface area contributed by atoms with E-state index in [0.717, 1.165) is 53.3 Å². The van der Waals surface area contributed by atoms with E-state index in [1.54, 1.807) is 0 Å². The second-order valence-electron chi connectivity index (χ2n) is 11.4. The molecule has 0 bridgehead atoms. The molecule has 0 amide bonds. The van der Waals surface area contributed by atoms with E-state index < -0.39 is 0 Å². The number of aryl methyl sites for hydroxylation is 2. The van der Waals surface area contributed by atoms with Crippen molar-refractivity contribution in [2.24, 2.45) is 0 Å². The van der Waals surface area contributed by atoms with Gasteiger partial charge in [0, 0.05) is 35.2 Å². The predicted octanol–water partition coefficient (Wildman–Crippen LogP) is 8.62. The molecule has 47 heavy (non-hydrogen) atoms. The van der Waals surface area contributed by atoms with Crippen LogP contribution in [0.2, 0.25) is 0 Å². The quantitative estimate of drug-likeness (QED) is 0.113. The molecular weight excluding hydrogens is 588 g/mol. The van der Waals surface area contributed by atoms with Gasteiger partial charge in [0.2, 0.25) is 17.7 Å². The van der Waals surface area contributed by atoms with Gasteiger partial charge in [-0.2, -0.15) is 0 Å². The largest absolute Gasteiger partial charge is 0.493 e. The van der Waals surface area contributed by atoms with Gasteiger partial charge in [0.15, 0.2) is 5.78 Å². The van der Waals surface area contributed by atoms with E-state index in [4.69, 9.17) is 13.6 Å². The van der Waals surface area contributed by atoms with Gasteiger partial charge in [-0.1, -0.05) is 86.1 Å². The average Bonchev–Trinajstić information content (AvgIpc) is 3.73. The summed E-state index contributed by atoms with van der Waals surface area (Å²) in [5.74, 6) is 3.29. The summed E-state index contributed by atoms with van der Waals surface area (Å²) in [6.45, 7) is 4.52. The second kappa shape index (κ2) is 15.2. The number of aromatic nitrogens is 3. The molecule has 1 unspecified atom stereocenters. The van der Waals surface area contributed by atoms with Gasteiger partial charge in [0.25, 0.3) is 0 Å². The lowest BCUT2D eigenvalue weighted by atomic mass is 9.99. The van der Waals surface area contributed by atoms with E-state index in [2.05, 4.69) is 27.4 Å². The van der Waals surface area contributed by atoms with Crippen LogP contribution in [0, 0.1) is 6.92 Å². The van der Waals surface area contributed by atoms with E-state index in [9.17, 15) is 4.79 Å². The van der Waals surface area contributed by atoms with Gasteiger partial charge in [-0.25, -0.2) is 4.98 Å². The number of nitrogens with zero attached hydrogens (tertiary/aromatic N) is 3. The minimum absolute atomic E-state index is 0.0471. The first-order chi connectivity index (χ1) is 23.1. The van der Waals surface area contributed by atoms with Gasteiger partial charge in [0.05, 0.1) is 24.8 Å². The molecule has 8 nitrogen and oxygen atoms in total. The molecule has 0 aliphatic carbocycles. The number of oxazole rings is 1. The zero-order valence-corrected chi connectivity index (χ0v) is 26.7. The molecule has 0 saturated carbocycles. The van der Waals surface area contributed by atoms with Crippen molar-refractivity contribution in [1.82, 2.24) is 15.2 Å². The lowest BCUT2D eigenvalue weighted by Gasteiger charge is -2.21. The Bertz CT molecular complexity index is 1880. The molecule has 1 atom stereocenters. The minimum atomic E-state index is -0.248. The lowest BCUT2D eigenvalue weighted by Crippen LogP contribution is -2.16. The Morgan fingerprint density at radius 1 is 0.809 bits per heavy atom. The van der Waals surface area contributed by atoms with Crippen LogP contribution < -0.4 is 10.1 Å². The SMILES string of the molecule is CCCCc1nnc(CC(Nc2ccccc2C(=O)c2ccccc2)c2ccc(OCCc3nc(-c4ccccc4)oc3C)cc2)o1. The molecule has 2 aromatic heterocycles. The van der Waals surface area contributed by atoms with Gasteiger partial charge < -0.3 is 18.9 Å². The summed E-state index contributed by atoms with van der Waals surface area (Å²) in [7, 11) is 0. The van der Waals surface area contributed by atoms with Crippen LogP contribution in [-0.4, -0.2) is 27.6 Å². The minimum Gasteiger partial charge on any atom is -0.493 e.